The quantitative estimate of drug-likeness (QED) is 0.798. The van der Waals surface area contributed by atoms with E-state index in [4.69, 9.17) is 9.47 Å². The van der Waals surface area contributed by atoms with Crippen LogP contribution in [0.3, 0.4) is 0 Å². The Morgan fingerprint density at radius 1 is 1.06 bits per heavy atom. The number of fused-ring (bicyclic) bond motifs is 1. The molecule has 0 amide bonds. The summed E-state index contributed by atoms with van der Waals surface area (Å²) < 4.78 is 33.4. The summed E-state index contributed by atoms with van der Waals surface area (Å²) in [6.07, 6.45) is 1.06. The molecule has 1 heterocycles. The van der Waals surface area contributed by atoms with Crippen molar-refractivity contribution in [3.05, 3.63) is 12.1 Å². The lowest BCUT2D eigenvalue weighted by Crippen LogP contribution is -2.05. The number of aromatic nitrogens is 3. The first-order chi connectivity index (χ1) is 8.47. The number of hydrogen-bond donors (Lipinski definition) is 0. The zero-order chi connectivity index (χ0) is 13.3. The van der Waals surface area contributed by atoms with Crippen molar-refractivity contribution in [1.82, 2.24) is 15.4 Å². The minimum Gasteiger partial charge on any atom is -0.493 e. The minimum atomic E-state index is -3.48. The molecule has 2 rings (SSSR count). The fourth-order valence-corrected chi connectivity index (χ4v) is 2.31. The van der Waals surface area contributed by atoms with Gasteiger partial charge in [0.15, 0.2) is 26.4 Å². The third-order valence-corrected chi connectivity index (χ3v) is 3.38. The molecule has 0 atom stereocenters. The monoisotopic (exact) mass is 269 g/mol. The molecule has 0 saturated carbocycles. The molecule has 7 nitrogen and oxygen atoms in total. The second-order valence-corrected chi connectivity index (χ2v) is 5.52. The molecule has 0 bridgehead atoms. The number of rotatable bonds is 3. The van der Waals surface area contributed by atoms with E-state index in [0.29, 0.717) is 22.4 Å². The third-order valence-electron chi connectivity index (χ3n) is 2.37. The van der Waals surface area contributed by atoms with Crippen molar-refractivity contribution in [2.24, 2.45) is 0 Å². The average molecular weight is 269 g/mol. The minimum absolute atomic E-state index is 0.131. The molecule has 0 spiro atoms. The second-order valence-electron chi connectivity index (χ2n) is 3.59. The SMILES string of the molecule is COc1cc2nnnc(S(C)(=O)=O)c2cc1OC. The summed E-state index contributed by atoms with van der Waals surface area (Å²) in [5.41, 5.74) is 0.378. The van der Waals surface area contributed by atoms with Gasteiger partial charge in [-0.15, -0.1) is 10.2 Å². The number of methoxy groups -OCH3 is 2. The van der Waals surface area contributed by atoms with Crippen LogP contribution in [0.15, 0.2) is 17.2 Å². The molecular formula is C10H11N3O4S. The fraction of sp³-hybridized carbons (Fsp3) is 0.300. The van der Waals surface area contributed by atoms with Crippen molar-refractivity contribution in [3.8, 4) is 11.5 Å². The van der Waals surface area contributed by atoms with Gasteiger partial charge in [-0.05, 0) is 11.3 Å². The van der Waals surface area contributed by atoms with E-state index in [9.17, 15) is 8.42 Å². The van der Waals surface area contributed by atoms with E-state index in [1.54, 1.807) is 6.07 Å². The standard InChI is InChI=1S/C10H11N3O4S/c1-16-8-4-6-7(5-9(8)17-2)11-13-12-10(6)18(3,14)15/h4-5H,1-3H3. The maximum atomic E-state index is 11.6. The van der Waals surface area contributed by atoms with Crippen LogP contribution >= 0.6 is 0 Å². The predicted octanol–water partition coefficient (Wildman–Crippen LogP) is 0.445. The molecule has 8 heteroatoms. The van der Waals surface area contributed by atoms with Crippen molar-refractivity contribution >= 4 is 20.7 Å². The van der Waals surface area contributed by atoms with Crippen molar-refractivity contribution < 1.29 is 17.9 Å². The molecule has 96 valence electrons. The van der Waals surface area contributed by atoms with Crippen LogP contribution < -0.4 is 9.47 Å². The Hall–Kier alpha value is -1.96. The van der Waals surface area contributed by atoms with Gasteiger partial charge in [0.05, 0.1) is 14.2 Å². The molecule has 0 radical (unpaired) electrons. The highest BCUT2D eigenvalue weighted by Gasteiger charge is 2.18. The average Bonchev–Trinajstić information content (AvgIpc) is 2.35. The van der Waals surface area contributed by atoms with E-state index in [-0.39, 0.29) is 5.03 Å². The van der Waals surface area contributed by atoms with Gasteiger partial charge in [-0.3, -0.25) is 0 Å². The molecule has 0 fully saturated rings. The summed E-state index contributed by atoms with van der Waals surface area (Å²) in [6.45, 7) is 0. The topological polar surface area (TPSA) is 91.3 Å². The van der Waals surface area contributed by atoms with Gasteiger partial charge in [-0.1, -0.05) is 0 Å². The molecule has 0 aliphatic heterocycles. The summed E-state index contributed by atoms with van der Waals surface area (Å²) in [5, 5.41) is 11.0. The molecule has 0 aliphatic carbocycles. The smallest absolute Gasteiger partial charge is 0.195 e. The zero-order valence-electron chi connectivity index (χ0n) is 10.0. The Labute approximate surface area is 104 Å². The molecule has 1 aromatic heterocycles. The molecule has 18 heavy (non-hydrogen) atoms. The first kappa shape index (κ1) is 12.5. The van der Waals surface area contributed by atoms with Gasteiger partial charge in [0, 0.05) is 17.7 Å². The number of hydrogen-bond acceptors (Lipinski definition) is 7. The van der Waals surface area contributed by atoms with Gasteiger partial charge in [-0.25, -0.2) is 8.42 Å². The van der Waals surface area contributed by atoms with Crippen LogP contribution in [0, 0.1) is 0 Å². The predicted molar refractivity (Wildman–Crippen MR) is 63.5 cm³/mol. The van der Waals surface area contributed by atoms with E-state index >= 15 is 0 Å². The van der Waals surface area contributed by atoms with Crippen LogP contribution in [0.25, 0.3) is 10.9 Å². The van der Waals surface area contributed by atoms with Crippen LogP contribution in [0.2, 0.25) is 0 Å². The van der Waals surface area contributed by atoms with Crippen molar-refractivity contribution in [1.29, 1.82) is 0 Å². The maximum absolute atomic E-state index is 11.6. The van der Waals surface area contributed by atoms with Gasteiger partial charge < -0.3 is 9.47 Å². The van der Waals surface area contributed by atoms with Crippen molar-refractivity contribution in [2.75, 3.05) is 20.5 Å². The maximum Gasteiger partial charge on any atom is 0.195 e. The van der Waals surface area contributed by atoms with Crippen LogP contribution in [-0.2, 0) is 9.84 Å². The van der Waals surface area contributed by atoms with Gasteiger partial charge in [0.2, 0.25) is 0 Å². The summed E-state index contributed by atoms with van der Waals surface area (Å²) in [6, 6.07) is 3.07. The number of nitrogens with zero attached hydrogens (tertiary/aromatic N) is 3. The van der Waals surface area contributed by atoms with Crippen LogP contribution in [-0.4, -0.2) is 44.3 Å². The summed E-state index contributed by atoms with van der Waals surface area (Å²) in [4.78, 5) is 0. The Balaban J connectivity index is 2.86. The fourth-order valence-electron chi connectivity index (χ4n) is 1.56. The largest absolute Gasteiger partial charge is 0.493 e. The highest BCUT2D eigenvalue weighted by Crippen LogP contribution is 2.32. The number of sulfone groups is 1. The molecule has 0 aliphatic rings. The van der Waals surface area contributed by atoms with Gasteiger partial charge >= 0.3 is 0 Å². The van der Waals surface area contributed by atoms with E-state index in [1.165, 1.54) is 20.3 Å². The van der Waals surface area contributed by atoms with E-state index in [2.05, 4.69) is 15.4 Å². The summed E-state index contributed by atoms with van der Waals surface area (Å²) >= 11 is 0. The molecular weight excluding hydrogens is 258 g/mol. The summed E-state index contributed by atoms with van der Waals surface area (Å²) in [7, 11) is -0.538. The Morgan fingerprint density at radius 2 is 1.67 bits per heavy atom. The Morgan fingerprint density at radius 3 is 2.22 bits per heavy atom. The first-order valence-corrected chi connectivity index (χ1v) is 6.81. The lowest BCUT2D eigenvalue weighted by molar-refractivity contribution is 0.355. The van der Waals surface area contributed by atoms with Crippen LogP contribution in [0.4, 0.5) is 0 Å². The van der Waals surface area contributed by atoms with Crippen LogP contribution in [0.1, 0.15) is 0 Å². The highest BCUT2D eigenvalue weighted by atomic mass is 32.2. The van der Waals surface area contributed by atoms with Crippen molar-refractivity contribution in [3.63, 3.8) is 0 Å². The van der Waals surface area contributed by atoms with E-state index in [0.717, 1.165) is 6.26 Å². The zero-order valence-corrected chi connectivity index (χ0v) is 10.9. The molecule has 0 saturated heterocycles. The van der Waals surface area contributed by atoms with E-state index in [1.807, 2.05) is 0 Å². The normalized spacial score (nSPS) is 11.5. The van der Waals surface area contributed by atoms with Gasteiger partial charge in [0.25, 0.3) is 0 Å². The first-order valence-electron chi connectivity index (χ1n) is 4.92. The molecule has 0 N–H and O–H groups in total. The highest BCUT2D eigenvalue weighted by molar-refractivity contribution is 7.90. The molecule has 0 unspecified atom stereocenters. The Kier molecular flexibility index (Phi) is 3.04. The third kappa shape index (κ3) is 2.06. The molecule has 2 aromatic rings. The second kappa shape index (κ2) is 4.37. The lowest BCUT2D eigenvalue weighted by atomic mass is 10.2. The number of benzene rings is 1. The lowest BCUT2D eigenvalue weighted by Gasteiger charge is -2.09. The van der Waals surface area contributed by atoms with Gasteiger partial charge in [0.1, 0.15) is 5.52 Å². The van der Waals surface area contributed by atoms with Crippen LogP contribution in [0.5, 0.6) is 11.5 Å². The number of ether oxygens (including phenoxy) is 2. The Bertz CT molecular complexity index is 700. The molecule has 1 aromatic carbocycles. The summed E-state index contributed by atoms with van der Waals surface area (Å²) in [5.74, 6) is 0.856. The van der Waals surface area contributed by atoms with Gasteiger partial charge in [-0.2, -0.15) is 0 Å². The van der Waals surface area contributed by atoms with E-state index < -0.39 is 9.84 Å². The van der Waals surface area contributed by atoms with Crippen molar-refractivity contribution in [2.45, 2.75) is 5.03 Å².